The second kappa shape index (κ2) is 5.09. The van der Waals surface area contributed by atoms with Crippen LogP contribution in [0.2, 0.25) is 0 Å². The molecule has 0 amide bonds. The Labute approximate surface area is 117 Å². The van der Waals surface area contributed by atoms with Gasteiger partial charge in [0.15, 0.2) is 5.78 Å². The van der Waals surface area contributed by atoms with Crippen molar-refractivity contribution in [2.24, 2.45) is 0 Å². The number of anilines is 1. The average molecular weight is 326 g/mol. The van der Waals surface area contributed by atoms with Crippen LogP contribution in [0.5, 0.6) is 0 Å². The topological polar surface area (TPSA) is 43.1 Å². The van der Waals surface area contributed by atoms with Crippen molar-refractivity contribution < 1.29 is 13.6 Å². The zero-order chi connectivity index (χ0) is 14.2. The smallest absolute Gasteiger partial charge is 0.193 e. The Morgan fingerprint density at radius 1 is 1.11 bits per heavy atom. The molecule has 0 radical (unpaired) electrons. The minimum absolute atomic E-state index is 0.138. The monoisotopic (exact) mass is 325 g/mol. The molecule has 19 heavy (non-hydrogen) atoms. The first-order valence-corrected chi connectivity index (χ1v) is 6.25. The van der Waals surface area contributed by atoms with Gasteiger partial charge >= 0.3 is 0 Å². The van der Waals surface area contributed by atoms with Gasteiger partial charge in [-0.3, -0.25) is 4.79 Å². The van der Waals surface area contributed by atoms with Crippen molar-refractivity contribution >= 4 is 27.4 Å². The summed E-state index contributed by atoms with van der Waals surface area (Å²) >= 11 is 3.00. The predicted octanol–water partition coefficient (Wildman–Crippen LogP) is 3.85. The molecule has 0 aliphatic heterocycles. The Morgan fingerprint density at radius 3 is 2.37 bits per heavy atom. The van der Waals surface area contributed by atoms with Gasteiger partial charge < -0.3 is 5.73 Å². The third-order valence-electron chi connectivity index (χ3n) is 2.83. The minimum Gasteiger partial charge on any atom is -0.398 e. The highest BCUT2D eigenvalue weighted by atomic mass is 79.9. The summed E-state index contributed by atoms with van der Waals surface area (Å²) in [7, 11) is 0. The number of nitrogens with two attached hydrogens (primary N) is 1. The zero-order valence-corrected chi connectivity index (χ0v) is 11.6. The summed E-state index contributed by atoms with van der Waals surface area (Å²) in [5.74, 6) is -1.41. The van der Waals surface area contributed by atoms with Gasteiger partial charge in [0.1, 0.15) is 11.6 Å². The van der Waals surface area contributed by atoms with Crippen molar-refractivity contribution in [1.82, 2.24) is 0 Å². The number of benzene rings is 2. The molecular formula is C14H10BrF2NO. The summed E-state index contributed by atoms with van der Waals surface area (Å²) in [6.07, 6.45) is 0. The minimum atomic E-state index is -0.537. The van der Waals surface area contributed by atoms with Gasteiger partial charge in [-0.2, -0.15) is 0 Å². The molecule has 2 aromatic carbocycles. The first-order valence-electron chi connectivity index (χ1n) is 5.45. The highest BCUT2D eigenvalue weighted by Gasteiger charge is 2.14. The van der Waals surface area contributed by atoms with Crippen molar-refractivity contribution in [3.8, 4) is 0 Å². The van der Waals surface area contributed by atoms with Crippen LogP contribution in [0.3, 0.4) is 0 Å². The molecular weight excluding hydrogens is 316 g/mol. The number of rotatable bonds is 2. The molecule has 2 N–H and O–H groups in total. The molecule has 2 aromatic rings. The van der Waals surface area contributed by atoms with Crippen LogP contribution in [0.4, 0.5) is 14.5 Å². The lowest BCUT2D eigenvalue weighted by atomic mass is 10.0. The SMILES string of the molecule is Cc1c(N)cc(C(=O)c2ccc(F)c(Br)c2)cc1F. The molecule has 0 heterocycles. The van der Waals surface area contributed by atoms with Gasteiger partial charge in [-0.25, -0.2) is 8.78 Å². The maximum absolute atomic E-state index is 13.6. The van der Waals surface area contributed by atoms with Crippen molar-refractivity contribution in [3.05, 3.63) is 63.1 Å². The standard InChI is InChI=1S/C14H10BrF2NO/c1-7-12(17)5-9(6-13(7)18)14(19)8-2-3-11(16)10(15)4-8/h2-6H,18H2,1H3. The zero-order valence-electron chi connectivity index (χ0n) is 10.0. The van der Waals surface area contributed by atoms with E-state index in [0.717, 1.165) is 6.07 Å². The number of carbonyl (C=O) groups is 1. The van der Waals surface area contributed by atoms with E-state index in [1.54, 1.807) is 0 Å². The fourth-order valence-electron chi connectivity index (χ4n) is 1.64. The molecule has 0 aromatic heterocycles. The molecule has 0 aliphatic rings. The Balaban J connectivity index is 2.47. The van der Waals surface area contributed by atoms with E-state index in [4.69, 9.17) is 5.73 Å². The van der Waals surface area contributed by atoms with Gasteiger partial charge in [0.05, 0.1) is 4.47 Å². The van der Waals surface area contributed by atoms with E-state index in [-0.39, 0.29) is 21.3 Å². The Kier molecular flexibility index (Phi) is 3.66. The maximum atomic E-state index is 13.6. The second-order valence-corrected chi connectivity index (χ2v) is 4.98. The van der Waals surface area contributed by atoms with Crippen LogP contribution in [-0.4, -0.2) is 5.78 Å². The predicted molar refractivity (Wildman–Crippen MR) is 73.1 cm³/mol. The van der Waals surface area contributed by atoms with E-state index in [2.05, 4.69) is 15.9 Å². The maximum Gasteiger partial charge on any atom is 0.193 e. The lowest BCUT2D eigenvalue weighted by Crippen LogP contribution is -2.05. The average Bonchev–Trinajstić information content (AvgIpc) is 2.37. The number of ketones is 1. The quantitative estimate of drug-likeness (QED) is 0.673. The van der Waals surface area contributed by atoms with Gasteiger partial charge in [-0.1, -0.05) is 0 Å². The van der Waals surface area contributed by atoms with Crippen LogP contribution in [0.25, 0.3) is 0 Å². The van der Waals surface area contributed by atoms with Crippen LogP contribution >= 0.6 is 15.9 Å². The third-order valence-corrected chi connectivity index (χ3v) is 3.44. The first-order chi connectivity index (χ1) is 8.90. The molecule has 0 atom stereocenters. The van der Waals surface area contributed by atoms with Gasteiger partial charge in [-0.05, 0) is 53.2 Å². The van der Waals surface area contributed by atoms with Crippen LogP contribution in [0.1, 0.15) is 21.5 Å². The molecule has 0 aliphatic carbocycles. The molecule has 0 spiro atoms. The van der Waals surface area contributed by atoms with E-state index in [9.17, 15) is 13.6 Å². The fraction of sp³-hybridized carbons (Fsp3) is 0.0714. The van der Waals surface area contributed by atoms with Crippen LogP contribution in [-0.2, 0) is 0 Å². The number of hydrogen-bond donors (Lipinski definition) is 1. The molecule has 0 saturated carbocycles. The van der Waals surface area contributed by atoms with E-state index in [0.29, 0.717) is 5.56 Å². The Bertz CT molecular complexity index is 647. The molecule has 2 nitrogen and oxygen atoms in total. The molecule has 2 rings (SSSR count). The van der Waals surface area contributed by atoms with Crippen molar-refractivity contribution in [1.29, 1.82) is 0 Å². The molecule has 0 unspecified atom stereocenters. The summed E-state index contributed by atoms with van der Waals surface area (Å²) in [6.45, 7) is 1.54. The van der Waals surface area contributed by atoms with Crippen molar-refractivity contribution in [2.75, 3.05) is 5.73 Å². The summed E-state index contributed by atoms with van der Waals surface area (Å²) in [5.41, 5.74) is 6.54. The Hall–Kier alpha value is -1.75. The third kappa shape index (κ3) is 2.66. The summed E-state index contributed by atoms with van der Waals surface area (Å²) in [6, 6.07) is 6.41. The van der Waals surface area contributed by atoms with E-state index < -0.39 is 17.4 Å². The summed E-state index contributed by atoms with van der Waals surface area (Å²) in [5, 5.41) is 0. The van der Waals surface area contributed by atoms with Gasteiger partial charge in [0.25, 0.3) is 0 Å². The van der Waals surface area contributed by atoms with Gasteiger partial charge in [-0.15, -0.1) is 0 Å². The molecule has 98 valence electrons. The highest BCUT2D eigenvalue weighted by Crippen LogP contribution is 2.22. The largest absolute Gasteiger partial charge is 0.398 e. The van der Waals surface area contributed by atoms with Crippen molar-refractivity contribution in [2.45, 2.75) is 6.92 Å². The molecule has 0 bridgehead atoms. The van der Waals surface area contributed by atoms with E-state index in [1.807, 2.05) is 0 Å². The number of hydrogen-bond acceptors (Lipinski definition) is 2. The lowest BCUT2D eigenvalue weighted by Gasteiger charge is -2.07. The highest BCUT2D eigenvalue weighted by molar-refractivity contribution is 9.10. The first kappa shape index (κ1) is 13.7. The van der Waals surface area contributed by atoms with E-state index in [1.165, 1.54) is 31.2 Å². The second-order valence-electron chi connectivity index (χ2n) is 4.13. The van der Waals surface area contributed by atoms with Gasteiger partial charge in [0.2, 0.25) is 0 Å². The van der Waals surface area contributed by atoms with Crippen molar-refractivity contribution in [3.63, 3.8) is 0 Å². The van der Waals surface area contributed by atoms with Crippen LogP contribution in [0.15, 0.2) is 34.8 Å². The normalized spacial score (nSPS) is 10.5. The summed E-state index contributed by atoms with van der Waals surface area (Å²) < 4.78 is 26.8. The van der Waals surface area contributed by atoms with Crippen LogP contribution < -0.4 is 5.73 Å². The molecule has 5 heteroatoms. The molecule has 0 saturated heterocycles. The number of nitrogen functional groups attached to an aromatic ring is 1. The number of halogens is 3. The number of carbonyl (C=O) groups excluding carboxylic acids is 1. The lowest BCUT2D eigenvalue weighted by molar-refractivity contribution is 0.103. The fourth-order valence-corrected chi connectivity index (χ4v) is 2.01. The van der Waals surface area contributed by atoms with E-state index >= 15 is 0 Å². The molecule has 0 fully saturated rings. The van der Waals surface area contributed by atoms with Crippen LogP contribution in [0, 0.1) is 18.6 Å². The van der Waals surface area contributed by atoms with Gasteiger partial charge in [0, 0.05) is 22.4 Å². The Morgan fingerprint density at radius 2 is 1.79 bits per heavy atom. The summed E-state index contributed by atoms with van der Waals surface area (Å²) in [4.78, 5) is 12.2.